The van der Waals surface area contributed by atoms with Gasteiger partial charge in [0.1, 0.15) is 5.76 Å². The first-order valence-corrected chi connectivity index (χ1v) is 10.6. The van der Waals surface area contributed by atoms with Crippen LogP contribution in [-0.2, 0) is 20.8 Å². The number of fused-ring (bicyclic) bond motifs is 1. The van der Waals surface area contributed by atoms with Crippen LogP contribution in [0.25, 0.3) is 0 Å². The summed E-state index contributed by atoms with van der Waals surface area (Å²) in [6.45, 7) is 12.4. The Labute approximate surface area is 184 Å². The van der Waals surface area contributed by atoms with Crippen molar-refractivity contribution in [1.82, 2.24) is 4.90 Å². The van der Waals surface area contributed by atoms with Gasteiger partial charge in [0.15, 0.2) is 11.5 Å². The van der Waals surface area contributed by atoms with Crippen LogP contribution in [0.2, 0.25) is 0 Å². The van der Waals surface area contributed by atoms with Crippen molar-refractivity contribution in [2.24, 2.45) is 0 Å². The lowest BCUT2D eigenvalue weighted by Gasteiger charge is -2.26. The molecule has 31 heavy (non-hydrogen) atoms. The number of esters is 1. The summed E-state index contributed by atoms with van der Waals surface area (Å²) in [6, 6.07) is 4.12. The molecule has 0 bridgehead atoms. The zero-order valence-corrected chi connectivity index (χ0v) is 18.4. The minimum absolute atomic E-state index is 0.0853. The first-order valence-electron chi connectivity index (χ1n) is 10.6. The number of ether oxygens (including phenoxy) is 4. The lowest BCUT2D eigenvalue weighted by molar-refractivity contribution is -0.142. The maximum atomic E-state index is 12.1. The van der Waals surface area contributed by atoms with Gasteiger partial charge >= 0.3 is 5.97 Å². The van der Waals surface area contributed by atoms with Crippen LogP contribution < -0.4 is 9.47 Å². The smallest absolute Gasteiger partial charge is 0.310 e. The summed E-state index contributed by atoms with van der Waals surface area (Å²) in [6.07, 6.45) is 8.75. The van der Waals surface area contributed by atoms with E-state index in [1.54, 1.807) is 7.11 Å². The summed E-state index contributed by atoms with van der Waals surface area (Å²) >= 11 is 0. The first-order chi connectivity index (χ1) is 15.1. The number of carbonyl (C=O) groups is 1. The Morgan fingerprint density at radius 1 is 1.23 bits per heavy atom. The molecule has 0 N–H and O–H groups in total. The molecule has 166 valence electrons. The number of nitrogens with zero attached hydrogens (tertiary/aromatic N) is 1. The van der Waals surface area contributed by atoms with Gasteiger partial charge in [-0.3, -0.25) is 9.69 Å². The molecule has 1 atom stereocenters. The van der Waals surface area contributed by atoms with E-state index in [2.05, 4.69) is 36.3 Å². The molecule has 0 spiro atoms. The van der Waals surface area contributed by atoms with Crippen LogP contribution in [0.4, 0.5) is 0 Å². The summed E-state index contributed by atoms with van der Waals surface area (Å²) in [5.74, 6) is 2.08. The normalized spacial score (nSPS) is 17.1. The number of methoxy groups -OCH3 is 1. The Bertz CT molecular complexity index is 876. The molecule has 1 aliphatic heterocycles. The standard InChI is InChI=1S/C25H31NO5/c1-5-10-26(11-6-2)16-20-13-23-24(31-17-30-23)15-21(20)18-8-9-22(28-4)19(12-18)14-25(27)29-7-3/h5-6,8-9,13,15,18H,1-2,7,10-12,14,16-17H2,3-4H3/t18-/m1/s1. The van der Waals surface area contributed by atoms with Gasteiger partial charge in [0, 0.05) is 25.6 Å². The number of rotatable bonds is 11. The molecule has 1 aromatic rings. The Kier molecular flexibility index (Phi) is 7.95. The van der Waals surface area contributed by atoms with Gasteiger partial charge in [-0.15, -0.1) is 13.2 Å². The predicted octanol–water partition coefficient (Wildman–Crippen LogP) is 4.49. The van der Waals surface area contributed by atoms with Crippen molar-refractivity contribution in [2.75, 3.05) is 33.6 Å². The molecule has 0 amide bonds. The van der Waals surface area contributed by atoms with Gasteiger partial charge in [-0.05, 0) is 48.3 Å². The van der Waals surface area contributed by atoms with Crippen molar-refractivity contribution in [3.05, 3.63) is 72.1 Å². The van der Waals surface area contributed by atoms with E-state index in [0.29, 0.717) is 13.0 Å². The Balaban J connectivity index is 1.91. The molecule has 1 aromatic carbocycles. The van der Waals surface area contributed by atoms with Crippen LogP contribution in [-0.4, -0.2) is 44.5 Å². The molecule has 1 aliphatic carbocycles. The zero-order chi connectivity index (χ0) is 22.2. The molecule has 0 fully saturated rings. The third-order valence-electron chi connectivity index (χ3n) is 5.38. The van der Waals surface area contributed by atoms with E-state index in [1.165, 1.54) is 0 Å². The molecule has 3 rings (SSSR count). The van der Waals surface area contributed by atoms with Gasteiger partial charge < -0.3 is 18.9 Å². The molecule has 0 radical (unpaired) electrons. The van der Waals surface area contributed by atoms with Crippen molar-refractivity contribution < 1.29 is 23.7 Å². The summed E-state index contributed by atoms with van der Waals surface area (Å²) < 4.78 is 21.9. The highest BCUT2D eigenvalue weighted by Gasteiger charge is 2.26. The highest BCUT2D eigenvalue weighted by molar-refractivity contribution is 5.73. The molecule has 6 nitrogen and oxygen atoms in total. The molecule has 0 saturated carbocycles. The molecule has 2 aliphatic rings. The lowest BCUT2D eigenvalue weighted by Crippen LogP contribution is -2.24. The van der Waals surface area contributed by atoms with Crippen LogP contribution in [0.1, 0.15) is 36.8 Å². The zero-order valence-electron chi connectivity index (χ0n) is 18.4. The fourth-order valence-electron chi connectivity index (χ4n) is 4.02. The molecular weight excluding hydrogens is 394 g/mol. The van der Waals surface area contributed by atoms with Gasteiger partial charge in [-0.1, -0.05) is 18.2 Å². The number of hydrogen-bond acceptors (Lipinski definition) is 6. The Morgan fingerprint density at radius 2 is 1.94 bits per heavy atom. The van der Waals surface area contributed by atoms with E-state index in [-0.39, 0.29) is 25.1 Å². The lowest BCUT2D eigenvalue weighted by atomic mass is 9.83. The molecule has 6 heteroatoms. The maximum absolute atomic E-state index is 12.1. The average molecular weight is 426 g/mol. The Hall–Kier alpha value is -2.99. The van der Waals surface area contributed by atoms with Crippen molar-refractivity contribution in [3.63, 3.8) is 0 Å². The second kappa shape index (κ2) is 10.9. The van der Waals surface area contributed by atoms with Gasteiger partial charge in [-0.2, -0.15) is 0 Å². The van der Waals surface area contributed by atoms with Crippen molar-refractivity contribution in [1.29, 1.82) is 0 Å². The Morgan fingerprint density at radius 3 is 2.58 bits per heavy atom. The second-order valence-corrected chi connectivity index (χ2v) is 7.50. The van der Waals surface area contributed by atoms with Crippen LogP contribution >= 0.6 is 0 Å². The third-order valence-corrected chi connectivity index (χ3v) is 5.38. The highest BCUT2D eigenvalue weighted by Crippen LogP contribution is 2.41. The van der Waals surface area contributed by atoms with Gasteiger partial charge in [0.25, 0.3) is 0 Å². The van der Waals surface area contributed by atoms with Crippen molar-refractivity contribution in [2.45, 2.75) is 32.2 Å². The number of benzene rings is 1. The summed E-state index contributed by atoms with van der Waals surface area (Å²) in [5.41, 5.74) is 3.24. The molecule has 0 unspecified atom stereocenters. The van der Waals surface area contributed by atoms with E-state index in [4.69, 9.17) is 18.9 Å². The molecular formula is C25H31NO5. The van der Waals surface area contributed by atoms with Gasteiger partial charge in [0.05, 0.1) is 20.1 Å². The average Bonchev–Trinajstić information content (AvgIpc) is 3.21. The largest absolute Gasteiger partial charge is 0.497 e. The van der Waals surface area contributed by atoms with E-state index in [9.17, 15) is 4.79 Å². The van der Waals surface area contributed by atoms with Crippen LogP contribution in [0, 0.1) is 0 Å². The minimum Gasteiger partial charge on any atom is -0.497 e. The van der Waals surface area contributed by atoms with E-state index in [1.807, 2.05) is 25.2 Å². The molecule has 0 saturated heterocycles. The fraction of sp³-hybridized carbons (Fsp3) is 0.400. The number of hydrogen-bond donors (Lipinski definition) is 0. The van der Waals surface area contributed by atoms with Crippen LogP contribution in [0.15, 0.2) is 60.9 Å². The van der Waals surface area contributed by atoms with Gasteiger partial charge in [0.2, 0.25) is 6.79 Å². The molecule has 0 aromatic heterocycles. The van der Waals surface area contributed by atoms with Crippen molar-refractivity contribution >= 4 is 5.97 Å². The van der Waals surface area contributed by atoms with E-state index < -0.39 is 0 Å². The monoisotopic (exact) mass is 425 g/mol. The minimum atomic E-state index is -0.241. The molecule has 1 heterocycles. The van der Waals surface area contributed by atoms with Crippen LogP contribution in [0.5, 0.6) is 11.5 Å². The first kappa shape index (κ1) is 22.7. The highest BCUT2D eigenvalue weighted by atomic mass is 16.7. The number of allylic oxidation sites excluding steroid dienone is 2. The SMILES string of the molecule is C=CCN(CC=C)Cc1cc2c(cc1[C@@H]1C=CC(OC)=C(CC(=O)OCC)C1)OCO2. The van der Waals surface area contributed by atoms with Crippen LogP contribution in [0.3, 0.4) is 0 Å². The summed E-state index contributed by atoms with van der Waals surface area (Å²) in [4.78, 5) is 14.4. The third kappa shape index (κ3) is 5.58. The predicted molar refractivity (Wildman–Crippen MR) is 120 cm³/mol. The topological polar surface area (TPSA) is 57.2 Å². The summed E-state index contributed by atoms with van der Waals surface area (Å²) in [5, 5.41) is 0. The van der Waals surface area contributed by atoms with Gasteiger partial charge in [-0.25, -0.2) is 0 Å². The maximum Gasteiger partial charge on any atom is 0.310 e. The second-order valence-electron chi connectivity index (χ2n) is 7.50. The fourth-order valence-corrected chi connectivity index (χ4v) is 4.02. The summed E-state index contributed by atoms with van der Waals surface area (Å²) in [7, 11) is 1.62. The van der Waals surface area contributed by atoms with E-state index in [0.717, 1.165) is 53.6 Å². The number of carbonyl (C=O) groups excluding carboxylic acids is 1. The van der Waals surface area contributed by atoms with Crippen molar-refractivity contribution in [3.8, 4) is 11.5 Å². The van der Waals surface area contributed by atoms with E-state index >= 15 is 0 Å². The quantitative estimate of drug-likeness (QED) is 0.385.